The van der Waals surface area contributed by atoms with E-state index in [1.807, 2.05) is 6.92 Å². The minimum Gasteiger partial charge on any atom is -0.477 e. The molecule has 0 fully saturated rings. The van der Waals surface area contributed by atoms with Crippen molar-refractivity contribution >= 4 is 27.3 Å². The second-order valence-corrected chi connectivity index (χ2v) is 6.99. The van der Waals surface area contributed by atoms with Crippen molar-refractivity contribution in [3.63, 3.8) is 0 Å². The lowest BCUT2D eigenvalue weighted by Gasteiger charge is -2.20. The standard InChI is InChI=1S/C12H19NO4S2/c1-4-6-7-13(5-2)19(16,17)11-9(3)8-18-10(11)12(14)15/h8H,4-7H2,1-3H3,(H,14,15). The molecule has 1 heterocycles. The van der Waals surface area contributed by atoms with Crippen LogP contribution in [0, 0.1) is 6.92 Å². The molecule has 0 amide bonds. The van der Waals surface area contributed by atoms with E-state index in [1.54, 1.807) is 19.2 Å². The zero-order chi connectivity index (χ0) is 14.6. The number of carboxylic acid groups (broad SMARTS) is 1. The van der Waals surface area contributed by atoms with Crippen LogP contribution >= 0.6 is 11.3 Å². The highest BCUT2D eigenvalue weighted by Gasteiger charge is 2.31. The number of rotatable bonds is 7. The molecular formula is C12H19NO4S2. The molecule has 1 aromatic rings. The molecule has 0 aliphatic rings. The van der Waals surface area contributed by atoms with Gasteiger partial charge in [0, 0.05) is 13.1 Å². The Bertz CT molecular complexity index is 548. The second kappa shape index (κ2) is 6.49. The highest BCUT2D eigenvalue weighted by Crippen LogP contribution is 2.29. The summed E-state index contributed by atoms with van der Waals surface area (Å²) in [5, 5.41) is 10.7. The number of aromatic carboxylic acids is 1. The second-order valence-electron chi connectivity index (χ2n) is 4.23. The molecule has 0 radical (unpaired) electrons. The number of thiophene rings is 1. The summed E-state index contributed by atoms with van der Waals surface area (Å²) in [5.74, 6) is -1.19. The number of unbranched alkanes of at least 4 members (excludes halogenated alkanes) is 1. The highest BCUT2D eigenvalue weighted by atomic mass is 32.2. The number of nitrogens with zero attached hydrogens (tertiary/aromatic N) is 1. The van der Waals surface area contributed by atoms with Gasteiger partial charge in [-0.2, -0.15) is 4.31 Å². The SMILES string of the molecule is CCCCN(CC)S(=O)(=O)c1c(C)csc1C(=O)O. The van der Waals surface area contributed by atoms with E-state index in [0.717, 1.165) is 24.2 Å². The predicted octanol–water partition coefficient (Wildman–Crippen LogP) is 2.57. The Labute approximate surface area is 117 Å². The monoisotopic (exact) mass is 305 g/mol. The zero-order valence-corrected chi connectivity index (χ0v) is 13.0. The van der Waals surface area contributed by atoms with Crippen LogP contribution in [-0.2, 0) is 10.0 Å². The van der Waals surface area contributed by atoms with Crippen molar-refractivity contribution in [3.05, 3.63) is 15.8 Å². The topological polar surface area (TPSA) is 74.7 Å². The van der Waals surface area contributed by atoms with Gasteiger partial charge in [0.15, 0.2) is 0 Å². The van der Waals surface area contributed by atoms with Gasteiger partial charge in [-0.3, -0.25) is 0 Å². The van der Waals surface area contributed by atoms with Gasteiger partial charge in [0.1, 0.15) is 9.77 Å². The predicted molar refractivity (Wildman–Crippen MR) is 75.4 cm³/mol. The van der Waals surface area contributed by atoms with Gasteiger partial charge >= 0.3 is 5.97 Å². The third kappa shape index (κ3) is 3.34. The Balaban J connectivity index is 3.25. The van der Waals surface area contributed by atoms with Crippen molar-refractivity contribution in [2.75, 3.05) is 13.1 Å². The number of carbonyl (C=O) groups is 1. The van der Waals surface area contributed by atoms with Crippen LogP contribution in [-0.4, -0.2) is 36.9 Å². The maximum absolute atomic E-state index is 12.5. The summed E-state index contributed by atoms with van der Waals surface area (Å²) in [5.41, 5.74) is 0.498. The van der Waals surface area contributed by atoms with Crippen LogP contribution in [0.25, 0.3) is 0 Å². The summed E-state index contributed by atoms with van der Waals surface area (Å²) in [4.78, 5) is 11.0. The van der Waals surface area contributed by atoms with Crippen molar-refractivity contribution in [3.8, 4) is 0 Å². The number of hydrogen-bond donors (Lipinski definition) is 1. The first-order valence-corrected chi connectivity index (χ1v) is 8.49. The Hall–Kier alpha value is -0.920. The maximum atomic E-state index is 12.5. The van der Waals surface area contributed by atoms with Crippen molar-refractivity contribution in [1.29, 1.82) is 0 Å². The van der Waals surface area contributed by atoms with Crippen molar-refractivity contribution in [2.24, 2.45) is 0 Å². The highest BCUT2D eigenvalue weighted by molar-refractivity contribution is 7.89. The van der Waals surface area contributed by atoms with E-state index in [1.165, 1.54) is 4.31 Å². The smallest absolute Gasteiger partial charge is 0.347 e. The molecule has 108 valence electrons. The van der Waals surface area contributed by atoms with Gasteiger partial charge in [-0.25, -0.2) is 13.2 Å². The van der Waals surface area contributed by atoms with E-state index in [2.05, 4.69) is 0 Å². The summed E-state index contributed by atoms with van der Waals surface area (Å²) >= 11 is 0.958. The molecule has 0 saturated heterocycles. The van der Waals surface area contributed by atoms with Crippen molar-refractivity contribution in [2.45, 2.75) is 38.5 Å². The van der Waals surface area contributed by atoms with E-state index in [-0.39, 0.29) is 9.77 Å². The fraction of sp³-hybridized carbons (Fsp3) is 0.583. The lowest BCUT2D eigenvalue weighted by atomic mass is 10.3. The number of sulfonamides is 1. The van der Waals surface area contributed by atoms with Crippen molar-refractivity contribution in [1.82, 2.24) is 4.31 Å². The van der Waals surface area contributed by atoms with Gasteiger partial charge in [-0.15, -0.1) is 11.3 Å². The maximum Gasteiger partial charge on any atom is 0.347 e. The van der Waals surface area contributed by atoms with Crippen LogP contribution in [0.3, 0.4) is 0 Å². The summed E-state index contributed by atoms with van der Waals surface area (Å²) < 4.78 is 26.4. The summed E-state index contributed by atoms with van der Waals surface area (Å²) in [6.07, 6.45) is 1.65. The molecule has 0 aromatic carbocycles. The third-order valence-electron chi connectivity index (χ3n) is 2.82. The Morgan fingerprint density at radius 3 is 2.53 bits per heavy atom. The normalized spacial score (nSPS) is 12.0. The number of aryl methyl sites for hydroxylation is 1. The third-order valence-corrected chi connectivity index (χ3v) is 6.20. The first kappa shape index (κ1) is 16.1. The molecule has 0 aliphatic carbocycles. The molecule has 0 unspecified atom stereocenters. The quantitative estimate of drug-likeness (QED) is 0.840. The van der Waals surface area contributed by atoms with E-state index in [4.69, 9.17) is 5.11 Å². The first-order chi connectivity index (χ1) is 8.86. The van der Waals surface area contributed by atoms with Crippen LogP contribution in [0.2, 0.25) is 0 Å². The Morgan fingerprint density at radius 2 is 2.05 bits per heavy atom. The lowest BCUT2D eigenvalue weighted by molar-refractivity contribution is 0.0698. The molecule has 5 nitrogen and oxygen atoms in total. The molecule has 1 aromatic heterocycles. The number of hydrogen-bond acceptors (Lipinski definition) is 4. The van der Waals surface area contributed by atoms with Crippen LogP contribution in [0.15, 0.2) is 10.3 Å². The van der Waals surface area contributed by atoms with E-state index >= 15 is 0 Å². The number of carboxylic acids is 1. The fourth-order valence-corrected chi connectivity index (χ4v) is 4.88. The molecule has 7 heteroatoms. The molecule has 0 atom stereocenters. The van der Waals surface area contributed by atoms with Crippen LogP contribution < -0.4 is 0 Å². The van der Waals surface area contributed by atoms with Crippen molar-refractivity contribution < 1.29 is 18.3 Å². The average molecular weight is 305 g/mol. The summed E-state index contributed by atoms with van der Waals surface area (Å²) in [6.45, 7) is 6.14. The largest absolute Gasteiger partial charge is 0.477 e. The van der Waals surface area contributed by atoms with Crippen LogP contribution in [0.4, 0.5) is 0 Å². The van der Waals surface area contributed by atoms with Crippen LogP contribution in [0.1, 0.15) is 41.9 Å². The summed E-state index contributed by atoms with van der Waals surface area (Å²) in [7, 11) is -3.72. The van der Waals surface area contributed by atoms with E-state index in [0.29, 0.717) is 18.7 Å². The zero-order valence-electron chi connectivity index (χ0n) is 11.3. The molecule has 1 rings (SSSR count). The minimum absolute atomic E-state index is 0.0528. The van der Waals surface area contributed by atoms with Crippen LogP contribution in [0.5, 0.6) is 0 Å². The van der Waals surface area contributed by atoms with E-state index < -0.39 is 16.0 Å². The van der Waals surface area contributed by atoms with Gasteiger partial charge in [0.25, 0.3) is 0 Å². The van der Waals surface area contributed by atoms with Gasteiger partial charge in [0.2, 0.25) is 10.0 Å². The molecule has 0 aliphatic heterocycles. The van der Waals surface area contributed by atoms with Gasteiger partial charge in [-0.1, -0.05) is 20.3 Å². The molecule has 0 saturated carbocycles. The lowest BCUT2D eigenvalue weighted by Crippen LogP contribution is -2.32. The molecule has 1 N–H and O–H groups in total. The molecule has 19 heavy (non-hydrogen) atoms. The van der Waals surface area contributed by atoms with E-state index in [9.17, 15) is 13.2 Å². The van der Waals surface area contributed by atoms with Gasteiger partial charge in [0.05, 0.1) is 0 Å². The minimum atomic E-state index is -3.72. The van der Waals surface area contributed by atoms with Gasteiger partial charge < -0.3 is 5.11 Å². The van der Waals surface area contributed by atoms with Gasteiger partial charge in [-0.05, 0) is 24.3 Å². The Morgan fingerprint density at radius 1 is 1.42 bits per heavy atom. The molecule has 0 spiro atoms. The fourth-order valence-electron chi connectivity index (χ4n) is 1.81. The molecule has 0 bridgehead atoms. The first-order valence-electron chi connectivity index (χ1n) is 6.17. The molecular weight excluding hydrogens is 286 g/mol. The Kier molecular flexibility index (Phi) is 5.51. The average Bonchev–Trinajstić information content (AvgIpc) is 2.72. The summed E-state index contributed by atoms with van der Waals surface area (Å²) in [6, 6.07) is 0.